The number of para-hydroxylation sites is 2. The Kier molecular flexibility index (Phi) is 7.54. The third-order valence-corrected chi connectivity index (χ3v) is 6.53. The fourth-order valence-electron chi connectivity index (χ4n) is 4.72. The number of aromatic nitrogens is 5. The van der Waals surface area contributed by atoms with E-state index in [-0.39, 0.29) is 17.1 Å². The molecule has 0 amide bonds. The van der Waals surface area contributed by atoms with Crippen LogP contribution < -0.4 is 10.3 Å². The van der Waals surface area contributed by atoms with E-state index in [1.165, 1.54) is 0 Å². The maximum atomic E-state index is 13.2. The lowest BCUT2D eigenvalue weighted by Crippen LogP contribution is -2.35. The summed E-state index contributed by atoms with van der Waals surface area (Å²) in [7, 11) is 1.68. The minimum atomic E-state index is -0.279. The molecule has 4 rings (SSSR count). The maximum absolute atomic E-state index is 13.2. The van der Waals surface area contributed by atoms with Crippen molar-refractivity contribution >= 4 is 10.9 Å². The topological polar surface area (TPSA) is 88.9 Å². The minimum Gasteiger partial charge on any atom is -0.496 e. The molecular formula is C28H36N6O2. The number of methoxy groups -OCH3 is 1. The summed E-state index contributed by atoms with van der Waals surface area (Å²) >= 11 is 0. The van der Waals surface area contributed by atoms with Gasteiger partial charge in [0, 0.05) is 24.2 Å². The van der Waals surface area contributed by atoms with Crippen LogP contribution in [0.25, 0.3) is 10.9 Å². The van der Waals surface area contributed by atoms with Crippen LogP contribution in [0.15, 0.2) is 53.3 Å². The van der Waals surface area contributed by atoms with Crippen LogP contribution in [-0.2, 0) is 18.6 Å². The van der Waals surface area contributed by atoms with Gasteiger partial charge in [0.05, 0.1) is 24.2 Å². The van der Waals surface area contributed by atoms with Crippen molar-refractivity contribution in [1.82, 2.24) is 30.1 Å². The summed E-state index contributed by atoms with van der Waals surface area (Å²) in [5.41, 5.74) is 3.33. The van der Waals surface area contributed by atoms with E-state index >= 15 is 0 Å². The monoisotopic (exact) mass is 488 g/mol. The number of rotatable bonds is 9. The predicted octanol–water partition coefficient (Wildman–Crippen LogP) is 5.13. The van der Waals surface area contributed by atoms with Gasteiger partial charge in [0.15, 0.2) is 5.82 Å². The zero-order valence-corrected chi connectivity index (χ0v) is 22.1. The molecule has 1 atom stereocenters. The van der Waals surface area contributed by atoms with E-state index in [0.29, 0.717) is 18.7 Å². The molecule has 0 aliphatic carbocycles. The zero-order valence-electron chi connectivity index (χ0n) is 22.1. The van der Waals surface area contributed by atoms with Crippen LogP contribution in [0.4, 0.5) is 0 Å². The number of benzene rings is 2. The van der Waals surface area contributed by atoms with Gasteiger partial charge < -0.3 is 9.72 Å². The summed E-state index contributed by atoms with van der Waals surface area (Å²) in [5.74, 6) is 1.61. The standard InChI is InChI=1S/C28H36N6O2/c1-7-11-23(26-30-31-32-34(26)28(3,4)5)33(17-21-13-8-9-15-24(21)36-6)18-22-16-20-14-10-12-19(2)25(20)29-27(22)35/h8-10,12-16,23H,7,11,17-18H2,1-6H3,(H,29,35). The molecule has 190 valence electrons. The number of H-pyrrole nitrogens is 1. The first-order chi connectivity index (χ1) is 17.2. The molecule has 0 aliphatic heterocycles. The van der Waals surface area contributed by atoms with Gasteiger partial charge in [-0.15, -0.1) is 5.10 Å². The van der Waals surface area contributed by atoms with Crippen LogP contribution in [0.2, 0.25) is 0 Å². The Hall–Kier alpha value is -3.52. The quantitative estimate of drug-likeness (QED) is 0.351. The van der Waals surface area contributed by atoms with E-state index in [4.69, 9.17) is 4.74 Å². The molecule has 1 unspecified atom stereocenters. The third kappa shape index (κ3) is 5.33. The van der Waals surface area contributed by atoms with E-state index in [2.05, 4.69) is 59.2 Å². The Morgan fingerprint density at radius 3 is 2.56 bits per heavy atom. The number of pyridine rings is 1. The van der Waals surface area contributed by atoms with Crippen molar-refractivity contribution < 1.29 is 4.74 Å². The third-order valence-electron chi connectivity index (χ3n) is 6.53. The summed E-state index contributed by atoms with van der Waals surface area (Å²) in [5, 5.41) is 13.9. The Balaban J connectivity index is 1.82. The van der Waals surface area contributed by atoms with Crippen molar-refractivity contribution in [2.75, 3.05) is 7.11 Å². The molecule has 0 radical (unpaired) electrons. The number of hydrogen-bond donors (Lipinski definition) is 1. The molecular weight excluding hydrogens is 452 g/mol. The summed E-state index contributed by atoms with van der Waals surface area (Å²) in [6.45, 7) is 11.5. The van der Waals surface area contributed by atoms with Gasteiger partial charge in [-0.05, 0) is 67.6 Å². The molecule has 0 saturated heterocycles. The zero-order chi connectivity index (χ0) is 25.9. The number of ether oxygens (including phenoxy) is 1. The first kappa shape index (κ1) is 25.6. The molecule has 0 aliphatic rings. The molecule has 36 heavy (non-hydrogen) atoms. The van der Waals surface area contributed by atoms with Crippen LogP contribution in [0.3, 0.4) is 0 Å². The molecule has 2 aromatic carbocycles. The molecule has 0 bridgehead atoms. The van der Waals surface area contributed by atoms with Crippen molar-refractivity contribution in [3.05, 3.63) is 81.4 Å². The highest BCUT2D eigenvalue weighted by molar-refractivity contribution is 5.81. The summed E-state index contributed by atoms with van der Waals surface area (Å²) in [6, 6.07) is 16.0. The number of tetrazole rings is 1. The van der Waals surface area contributed by atoms with Gasteiger partial charge in [0.2, 0.25) is 0 Å². The van der Waals surface area contributed by atoms with Gasteiger partial charge in [-0.25, -0.2) is 4.68 Å². The molecule has 2 heterocycles. The largest absolute Gasteiger partial charge is 0.496 e. The van der Waals surface area contributed by atoms with Gasteiger partial charge in [0.1, 0.15) is 5.75 Å². The van der Waals surface area contributed by atoms with E-state index in [9.17, 15) is 4.79 Å². The smallest absolute Gasteiger partial charge is 0.252 e. The number of aromatic amines is 1. The Labute approximate surface area is 212 Å². The summed E-state index contributed by atoms with van der Waals surface area (Å²) < 4.78 is 7.56. The molecule has 0 saturated carbocycles. The second-order valence-corrected chi connectivity index (χ2v) is 10.3. The highest BCUT2D eigenvalue weighted by Crippen LogP contribution is 2.32. The number of aryl methyl sites for hydroxylation is 1. The lowest BCUT2D eigenvalue weighted by molar-refractivity contribution is 0.147. The normalized spacial score (nSPS) is 12.9. The maximum Gasteiger partial charge on any atom is 0.252 e. The molecule has 1 N–H and O–H groups in total. The minimum absolute atomic E-state index is 0.0764. The SMILES string of the molecule is CCCC(c1nnnn1C(C)(C)C)N(Cc1ccccc1OC)Cc1cc2cccc(C)c2[nH]c1=O. The number of nitrogens with zero attached hydrogens (tertiary/aromatic N) is 5. The molecule has 0 spiro atoms. The van der Waals surface area contributed by atoms with Crippen LogP contribution >= 0.6 is 0 Å². The average Bonchev–Trinajstić information content (AvgIpc) is 3.34. The van der Waals surface area contributed by atoms with Crippen LogP contribution in [0, 0.1) is 6.92 Å². The van der Waals surface area contributed by atoms with E-state index < -0.39 is 0 Å². The van der Waals surface area contributed by atoms with Crippen LogP contribution in [-0.4, -0.2) is 37.2 Å². The van der Waals surface area contributed by atoms with Crippen LogP contribution in [0.1, 0.15) is 69.1 Å². The van der Waals surface area contributed by atoms with Crippen molar-refractivity contribution in [2.24, 2.45) is 0 Å². The van der Waals surface area contributed by atoms with Crippen LogP contribution in [0.5, 0.6) is 5.75 Å². The fourth-order valence-corrected chi connectivity index (χ4v) is 4.72. The average molecular weight is 489 g/mol. The first-order valence-electron chi connectivity index (χ1n) is 12.5. The fraction of sp³-hybridized carbons (Fsp3) is 0.429. The first-order valence-corrected chi connectivity index (χ1v) is 12.5. The highest BCUT2D eigenvalue weighted by atomic mass is 16.5. The van der Waals surface area contributed by atoms with Crippen molar-refractivity contribution in [1.29, 1.82) is 0 Å². The second-order valence-electron chi connectivity index (χ2n) is 10.3. The summed E-state index contributed by atoms with van der Waals surface area (Å²) in [6.07, 6.45) is 1.79. The van der Waals surface area contributed by atoms with Gasteiger partial charge in [-0.2, -0.15) is 0 Å². The molecule has 0 fully saturated rings. The van der Waals surface area contributed by atoms with Gasteiger partial charge in [-0.1, -0.05) is 49.7 Å². The van der Waals surface area contributed by atoms with Gasteiger partial charge in [0.25, 0.3) is 5.56 Å². The summed E-state index contributed by atoms with van der Waals surface area (Å²) in [4.78, 5) is 18.6. The Bertz CT molecular complexity index is 1380. The van der Waals surface area contributed by atoms with Crippen molar-refractivity contribution in [2.45, 2.75) is 72.1 Å². The second kappa shape index (κ2) is 10.6. The van der Waals surface area contributed by atoms with Crippen molar-refractivity contribution in [3.8, 4) is 5.75 Å². The highest BCUT2D eigenvalue weighted by Gasteiger charge is 2.30. The van der Waals surface area contributed by atoms with Crippen molar-refractivity contribution in [3.63, 3.8) is 0 Å². The van der Waals surface area contributed by atoms with Gasteiger partial charge >= 0.3 is 0 Å². The number of fused-ring (bicyclic) bond motifs is 1. The lowest BCUT2D eigenvalue weighted by Gasteiger charge is -2.33. The lowest BCUT2D eigenvalue weighted by atomic mass is 10.0. The van der Waals surface area contributed by atoms with E-state index in [1.54, 1.807) is 7.11 Å². The van der Waals surface area contributed by atoms with Gasteiger partial charge in [-0.3, -0.25) is 9.69 Å². The number of hydrogen-bond acceptors (Lipinski definition) is 6. The number of nitrogens with one attached hydrogen (secondary N) is 1. The molecule has 2 aromatic heterocycles. The predicted molar refractivity (Wildman–Crippen MR) is 142 cm³/mol. The molecule has 8 nitrogen and oxygen atoms in total. The Morgan fingerprint density at radius 1 is 1.08 bits per heavy atom. The van der Waals surface area contributed by atoms with E-state index in [1.807, 2.05) is 54.1 Å². The Morgan fingerprint density at radius 2 is 1.83 bits per heavy atom. The molecule has 8 heteroatoms. The molecule has 4 aromatic rings. The van der Waals surface area contributed by atoms with E-state index in [0.717, 1.165) is 46.4 Å².